The number of hydrogen-bond acceptors (Lipinski definition) is 4. The number of sulfonamides is 1. The minimum Gasteiger partial charge on any atom is -0.339 e. The zero-order valence-electron chi connectivity index (χ0n) is 15.1. The van der Waals surface area contributed by atoms with Gasteiger partial charge in [-0.1, -0.05) is 12.5 Å². The quantitative estimate of drug-likeness (QED) is 0.813. The molecule has 0 spiro atoms. The number of carbonyl (C=O) groups excluding carboxylic acids is 1. The van der Waals surface area contributed by atoms with Gasteiger partial charge in [0.05, 0.1) is 11.0 Å². The molecule has 1 aromatic carbocycles. The van der Waals surface area contributed by atoms with Gasteiger partial charge in [0.15, 0.2) is 0 Å². The van der Waals surface area contributed by atoms with E-state index >= 15 is 0 Å². The van der Waals surface area contributed by atoms with Crippen molar-refractivity contribution in [2.24, 2.45) is 5.92 Å². The lowest BCUT2D eigenvalue weighted by Crippen LogP contribution is -2.38. The van der Waals surface area contributed by atoms with Crippen LogP contribution in [0.15, 0.2) is 23.1 Å². The van der Waals surface area contributed by atoms with Crippen molar-refractivity contribution < 1.29 is 13.2 Å². The zero-order valence-corrected chi connectivity index (χ0v) is 16.0. The van der Waals surface area contributed by atoms with Crippen LogP contribution < -0.4 is 0 Å². The van der Waals surface area contributed by atoms with Crippen LogP contribution >= 0.6 is 0 Å². The number of benzene rings is 1. The van der Waals surface area contributed by atoms with E-state index in [0.29, 0.717) is 50.1 Å². The van der Waals surface area contributed by atoms with E-state index in [1.807, 2.05) is 0 Å². The van der Waals surface area contributed by atoms with Gasteiger partial charge in [0.25, 0.3) is 5.91 Å². The first-order valence-electron chi connectivity index (χ1n) is 9.23. The van der Waals surface area contributed by atoms with Gasteiger partial charge in [0.2, 0.25) is 10.0 Å². The molecule has 0 bridgehead atoms. The van der Waals surface area contributed by atoms with Crippen LogP contribution in [0.25, 0.3) is 0 Å². The molecule has 2 saturated heterocycles. The largest absolute Gasteiger partial charge is 0.339 e. The summed E-state index contributed by atoms with van der Waals surface area (Å²) in [5, 5.41) is 8.99. The first-order chi connectivity index (χ1) is 12.4. The number of piperidine rings is 2. The van der Waals surface area contributed by atoms with Gasteiger partial charge in [-0.2, -0.15) is 9.57 Å². The Morgan fingerprint density at radius 2 is 1.77 bits per heavy atom. The molecule has 7 heteroatoms. The van der Waals surface area contributed by atoms with Crippen LogP contribution in [0.5, 0.6) is 0 Å². The lowest BCUT2D eigenvalue weighted by Gasteiger charge is -2.30. The number of amides is 1. The summed E-state index contributed by atoms with van der Waals surface area (Å²) >= 11 is 0. The fourth-order valence-electron chi connectivity index (χ4n) is 3.65. The molecule has 2 heterocycles. The standard InChI is InChI=1S/C19H25N3O3S/c1-15-5-6-17(19(23)21-11-7-16(14-20)8-12-21)13-18(15)26(24,25)22-9-3-2-4-10-22/h5-6,13,16H,2-4,7-12H2,1H3. The molecule has 0 radical (unpaired) electrons. The van der Waals surface area contributed by atoms with E-state index in [4.69, 9.17) is 5.26 Å². The number of likely N-dealkylation sites (tertiary alicyclic amines) is 1. The third kappa shape index (κ3) is 3.76. The molecule has 0 saturated carbocycles. The predicted octanol–water partition coefficient (Wildman–Crippen LogP) is 2.55. The van der Waals surface area contributed by atoms with Crippen molar-refractivity contribution in [3.63, 3.8) is 0 Å². The maximum absolute atomic E-state index is 13.0. The average molecular weight is 375 g/mol. The molecule has 0 aliphatic carbocycles. The number of rotatable bonds is 3. The van der Waals surface area contributed by atoms with Crippen LogP contribution in [0.4, 0.5) is 0 Å². The van der Waals surface area contributed by atoms with Gasteiger partial charge in [0.1, 0.15) is 0 Å². The molecular weight excluding hydrogens is 350 g/mol. The summed E-state index contributed by atoms with van der Waals surface area (Å²) in [6, 6.07) is 7.19. The second-order valence-electron chi connectivity index (χ2n) is 7.14. The Hall–Kier alpha value is -1.91. The summed E-state index contributed by atoms with van der Waals surface area (Å²) in [5.41, 5.74) is 1.07. The van der Waals surface area contributed by atoms with Crippen LogP contribution in [-0.4, -0.2) is 49.7 Å². The van der Waals surface area contributed by atoms with E-state index in [1.54, 1.807) is 24.0 Å². The van der Waals surface area contributed by atoms with Gasteiger partial charge in [-0.3, -0.25) is 4.79 Å². The Balaban J connectivity index is 1.83. The van der Waals surface area contributed by atoms with Gasteiger partial charge in [0, 0.05) is 37.7 Å². The van der Waals surface area contributed by atoms with Crippen LogP contribution in [-0.2, 0) is 10.0 Å². The Bertz CT molecular complexity index is 815. The Kier molecular flexibility index (Phi) is 5.64. The van der Waals surface area contributed by atoms with Crippen molar-refractivity contribution in [3.8, 4) is 6.07 Å². The normalized spacial score (nSPS) is 19.9. The second kappa shape index (κ2) is 7.77. The minimum absolute atomic E-state index is 0.00658. The molecule has 6 nitrogen and oxygen atoms in total. The van der Waals surface area contributed by atoms with Gasteiger partial charge < -0.3 is 4.90 Å². The molecule has 26 heavy (non-hydrogen) atoms. The van der Waals surface area contributed by atoms with Crippen molar-refractivity contribution in [1.29, 1.82) is 5.26 Å². The summed E-state index contributed by atoms with van der Waals surface area (Å²) in [6.07, 6.45) is 4.16. The molecule has 140 valence electrons. The zero-order chi connectivity index (χ0) is 18.7. The van der Waals surface area contributed by atoms with Crippen LogP contribution in [0, 0.1) is 24.2 Å². The van der Waals surface area contributed by atoms with Crippen LogP contribution in [0.2, 0.25) is 0 Å². The highest BCUT2D eigenvalue weighted by Gasteiger charge is 2.29. The van der Waals surface area contributed by atoms with E-state index in [0.717, 1.165) is 19.3 Å². The lowest BCUT2D eigenvalue weighted by molar-refractivity contribution is 0.0707. The molecule has 0 unspecified atom stereocenters. The van der Waals surface area contributed by atoms with Crippen molar-refractivity contribution in [2.45, 2.75) is 43.9 Å². The van der Waals surface area contributed by atoms with Crippen molar-refractivity contribution in [2.75, 3.05) is 26.2 Å². The van der Waals surface area contributed by atoms with E-state index in [-0.39, 0.29) is 16.7 Å². The Labute approximate surface area is 155 Å². The summed E-state index contributed by atoms with van der Waals surface area (Å²) in [6.45, 7) is 3.94. The molecular formula is C19H25N3O3S. The number of nitrogens with zero attached hydrogens (tertiary/aromatic N) is 3. The SMILES string of the molecule is Cc1ccc(C(=O)N2CCC(C#N)CC2)cc1S(=O)(=O)N1CCCCC1. The molecule has 1 aromatic rings. The average Bonchev–Trinajstić information content (AvgIpc) is 2.68. The molecule has 2 fully saturated rings. The van der Waals surface area contributed by atoms with Gasteiger partial charge >= 0.3 is 0 Å². The Morgan fingerprint density at radius 3 is 2.38 bits per heavy atom. The predicted molar refractivity (Wildman–Crippen MR) is 98.0 cm³/mol. The highest BCUT2D eigenvalue weighted by molar-refractivity contribution is 7.89. The molecule has 1 amide bonds. The monoisotopic (exact) mass is 375 g/mol. The minimum atomic E-state index is -3.57. The number of aryl methyl sites for hydroxylation is 1. The van der Waals surface area contributed by atoms with E-state index < -0.39 is 10.0 Å². The number of nitriles is 1. The van der Waals surface area contributed by atoms with E-state index in [9.17, 15) is 13.2 Å². The van der Waals surface area contributed by atoms with Crippen molar-refractivity contribution in [3.05, 3.63) is 29.3 Å². The molecule has 2 aliphatic rings. The molecule has 0 atom stereocenters. The van der Waals surface area contributed by atoms with Crippen molar-refractivity contribution >= 4 is 15.9 Å². The van der Waals surface area contributed by atoms with Crippen LogP contribution in [0.1, 0.15) is 48.0 Å². The van der Waals surface area contributed by atoms with Crippen LogP contribution in [0.3, 0.4) is 0 Å². The molecule has 3 rings (SSSR count). The lowest BCUT2D eigenvalue weighted by atomic mass is 9.98. The first-order valence-corrected chi connectivity index (χ1v) is 10.7. The smallest absolute Gasteiger partial charge is 0.253 e. The summed E-state index contributed by atoms with van der Waals surface area (Å²) in [7, 11) is -3.57. The Morgan fingerprint density at radius 1 is 1.12 bits per heavy atom. The maximum atomic E-state index is 13.0. The maximum Gasteiger partial charge on any atom is 0.253 e. The second-order valence-corrected chi connectivity index (χ2v) is 9.05. The first kappa shape index (κ1) is 18.9. The molecule has 2 aliphatic heterocycles. The topological polar surface area (TPSA) is 81.5 Å². The number of carbonyl (C=O) groups is 1. The van der Waals surface area contributed by atoms with E-state index in [2.05, 4.69) is 6.07 Å². The highest BCUT2D eigenvalue weighted by atomic mass is 32.2. The highest BCUT2D eigenvalue weighted by Crippen LogP contribution is 2.26. The van der Waals surface area contributed by atoms with E-state index in [1.165, 1.54) is 10.4 Å². The third-order valence-corrected chi connectivity index (χ3v) is 7.37. The summed E-state index contributed by atoms with van der Waals surface area (Å²) < 4.78 is 27.5. The molecule has 0 N–H and O–H groups in total. The fraction of sp³-hybridized carbons (Fsp3) is 0.579. The molecule has 0 aromatic heterocycles. The van der Waals surface area contributed by atoms with Gasteiger partial charge in [-0.05, 0) is 50.3 Å². The van der Waals surface area contributed by atoms with Gasteiger partial charge in [-0.25, -0.2) is 8.42 Å². The number of hydrogen-bond donors (Lipinski definition) is 0. The van der Waals surface area contributed by atoms with Gasteiger partial charge in [-0.15, -0.1) is 0 Å². The van der Waals surface area contributed by atoms with Crippen molar-refractivity contribution in [1.82, 2.24) is 9.21 Å². The fourth-order valence-corrected chi connectivity index (χ4v) is 5.42. The summed E-state index contributed by atoms with van der Waals surface area (Å²) in [4.78, 5) is 14.7. The third-order valence-electron chi connectivity index (χ3n) is 5.33. The summed E-state index contributed by atoms with van der Waals surface area (Å²) in [5.74, 6) is -0.149.